The number of anilines is 1. The highest BCUT2D eigenvalue weighted by Gasteiger charge is 2.47. The SMILES string of the molecule is COC(=O)c1ccc(N2C(=O)CC(N(Cc3ccco3)S(=O)(=O)c3ccc(F)cc3)C2=O)cc1. The zero-order valence-electron chi connectivity index (χ0n) is 17.9. The number of furan rings is 1. The Morgan fingerprint density at radius 1 is 1.12 bits per heavy atom. The van der Waals surface area contributed by atoms with Gasteiger partial charge >= 0.3 is 5.97 Å². The number of carbonyl (C=O) groups excluding carboxylic acids is 3. The number of halogens is 1. The average Bonchev–Trinajstić information content (AvgIpc) is 3.44. The van der Waals surface area contributed by atoms with Crippen LogP contribution in [-0.4, -0.2) is 43.7 Å². The Bertz CT molecular complexity index is 1320. The normalized spacial score (nSPS) is 16.3. The third-order valence-electron chi connectivity index (χ3n) is 5.33. The molecule has 34 heavy (non-hydrogen) atoms. The largest absolute Gasteiger partial charge is 0.468 e. The van der Waals surface area contributed by atoms with Gasteiger partial charge in [-0.1, -0.05) is 0 Å². The van der Waals surface area contributed by atoms with Crippen molar-refractivity contribution < 1.29 is 36.3 Å². The van der Waals surface area contributed by atoms with Crippen molar-refractivity contribution in [2.24, 2.45) is 0 Å². The number of nitrogens with zero attached hydrogens (tertiary/aromatic N) is 2. The van der Waals surface area contributed by atoms with Crippen molar-refractivity contribution >= 4 is 33.5 Å². The van der Waals surface area contributed by atoms with Crippen LogP contribution in [0.15, 0.2) is 76.2 Å². The van der Waals surface area contributed by atoms with E-state index in [0.717, 1.165) is 33.5 Å². The maximum Gasteiger partial charge on any atom is 0.337 e. The van der Waals surface area contributed by atoms with E-state index in [1.54, 1.807) is 6.07 Å². The summed E-state index contributed by atoms with van der Waals surface area (Å²) in [5.74, 6) is -2.32. The minimum absolute atomic E-state index is 0.183. The van der Waals surface area contributed by atoms with E-state index in [1.807, 2.05) is 0 Å². The van der Waals surface area contributed by atoms with E-state index < -0.39 is 46.1 Å². The van der Waals surface area contributed by atoms with E-state index in [1.165, 1.54) is 43.7 Å². The summed E-state index contributed by atoms with van der Waals surface area (Å²) in [4.78, 5) is 38.4. The molecular formula is C23H19FN2O7S. The van der Waals surface area contributed by atoms with Crippen LogP contribution in [0, 0.1) is 5.82 Å². The molecule has 3 aromatic rings. The summed E-state index contributed by atoms with van der Waals surface area (Å²) in [5.41, 5.74) is 0.405. The minimum Gasteiger partial charge on any atom is -0.468 e. The first kappa shape index (κ1) is 23.3. The van der Waals surface area contributed by atoms with E-state index >= 15 is 0 Å². The first-order valence-corrected chi connectivity index (χ1v) is 11.5. The van der Waals surface area contributed by atoms with Crippen molar-refractivity contribution in [3.05, 3.63) is 84.1 Å². The average molecular weight is 486 g/mol. The number of hydrogen-bond acceptors (Lipinski definition) is 7. The van der Waals surface area contributed by atoms with Crippen LogP contribution >= 0.6 is 0 Å². The van der Waals surface area contributed by atoms with Gasteiger partial charge in [-0.3, -0.25) is 9.59 Å². The molecule has 0 N–H and O–H groups in total. The molecule has 1 aliphatic rings. The van der Waals surface area contributed by atoms with Gasteiger partial charge in [0.15, 0.2) is 0 Å². The molecule has 1 aliphatic heterocycles. The Labute approximate surface area is 194 Å². The summed E-state index contributed by atoms with van der Waals surface area (Å²) < 4.78 is 51.0. The van der Waals surface area contributed by atoms with Crippen molar-refractivity contribution in [3.63, 3.8) is 0 Å². The molecule has 1 saturated heterocycles. The fraction of sp³-hybridized carbons (Fsp3) is 0.174. The lowest BCUT2D eigenvalue weighted by Gasteiger charge is -2.26. The van der Waals surface area contributed by atoms with E-state index in [4.69, 9.17) is 4.42 Å². The summed E-state index contributed by atoms with van der Waals surface area (Å²) in [6, 6.07) is 11.5. The van der Waals surface area contributed by atoms with Crippen molar-refractivity contribution in [2.45, 2.75) is 23.9 Å². The van der Waals surface area contributed by atoms with Crippen LogP contribution in [0.25, 0.3) is 0 Å². The van der Waals surface area contributed by atoms with Gasteiger partial charge < -0.3 is 9.15 Å². The lowest BCUT2D eigenvalue weighted by molar-refractivity contribution is -0.122. The first-order chi connectivity index (χ1) is 16.2. The zero-order chi connectivity index (χ0) is 24.5. The van der Waals surface area contributed by atoms with Gasteiger partial charge in [-0.15, -0.1) is 0 Å². The van der Waals surface area contributed by atoms with Crippen molar-refractivity contribution in [2.75, 3.05) is 12.0 Å². The third kappa shape index (κ3) is 4.35. The summed E-state index contributed by atoms with van der Waals surface area (Å²) in [6.07, 6.45) is 0.952. The van der Waals surface area contributed by atoms with E-state index in [9.17, 15) is 27.2 Å². The fourth-order valence-corrected chi connectivity index (χ4v) is 5.19. The van der Waals surface area contributed by atoms with Gasteiger partial charge in [0.1, 0.15) is 17.6 Å². The number of sulfonamides is 1. The van der Waals surface area contributed by atoms with Crippen LogP contribution in [-0.2, 0) is 30.9 Å². The van der Waals surface area contributed by atoms with Gasteiger partial charge in [0.25, 0.3) is 5.91 Å². The molecule has 11 heteroatoms. The lowest BCUT2D eigenvalue weighted by Crippen LogP contribution is -2.45. The molecule has 0 spiro atoms. The van der Waals surface area contributed by atoms with Gasteiger partial charge in [-0.2, -0.15) is 4.31 Å². The lowest BCUT2D eigenvalue weighted by atomic mass is 10.2. The number of benzene rings is 2. The highest BCUT2D eigenvalue weighted by atomic mass is 32.2. The zero-order valence-corrected chi connectivity index (χ0v) is 18.7. The number of imide groups is 1. The first-order valence-electron chi connectivity index (χ1n) is 10.1. The monoisotopic (exact) mass is 486 g/mol. The van der Waals surface area contributed by atoms with Gasteiger partial charge in [0.2, 0.25) is 15.9 Å². The standard InChI is InChI=1S/C23H19FN2O7S/c1-32-23(29)15-4-8-17(9-5-15)26-21(27)13-20(22(26)28)25(14-18-3-2-12-33-18)34(30,31)19-10-6-16(24)7-11-19/h2-12,20H,13-14H2,1H3. The summed E-state index contributed by atoms with van der Waals surface area (Å²) in [7, 11) is -3.09. The molecule has 0 saturated carbocycles. The second-order valence-electron chi connectivity index (χ2n) is 7.41. The van der Waals surface area contributed by atoms with Crippen LogP contribution in [0.3, 0.4) is 0 Å². The predicted octanol–water partition coefficient (Wildman–Crippen LogP) is 2.73. The van der Waals surface area contributed by atoms with E-state index in [2.05, 4.69) is 4.74 Å². The molecule has 9 nitrogen and oxygen atoms in total. The molecule has 2 aromatic carbocycles. The van der Waals surface area contributed by atoms with Crippen molar-refractivity contribution in [1.82, 2.24) is 4.31 Å². The smallest absolute Gasteiger partial charge is 0.337 e. The minimum atomic E-state index is -4.31. The second-order valence-corrected chi connectivity index (χ2v) is 9.30. The molecule has 4 rings (SSSR count). The Balaban J connectivity index is 1.69. The van der Waals surface area contributed by atoms with Gasteiger partial charge in [-0.25, -0.2) is 22.5 Å². The topological polar surface area (TPSA) is 114 Å². The van der Waals surface area contributed by atoms with Crippen LogP contribution in [0.2, 0.25) is 0 Å². The Kier molecular flexibility index (Phi) is 6.31. The van der Waals surface area contributed by atoms with Gasteiger partial charge in [-0.05, 0) is 60.7 Å². The number of amides is 2. The Hall–Kier alpha value is -3.83. The summed E-state index contributed by atoms with van der Waals surface area (Å²) in [6.45, 7) is -0.314. The highest BCUT2D eigenvalue weighted by molar-refractivity contribution is 7.89. The van der Waals surface area contributed by atoms with Crippen LogP contribution in [0.5, 0.6) is 0 Å². The van der Waals surface area contributed by atoms with Crippen molar-refractivity contribution in [1.29, 1.82) is 0 Å². The third-order valence-corrected chi connectivity index (χ3v) is 7.20. The number of esters is 1. The summed E-state index contributed by atoms with van der Waals surface area (Å²) in [5, 5.41) is 0. The Morgan fingerprint density at radius 3 is 2.38 bits per heavy atom. The molecule has 1 unspecified atom stereocenters. The quantitative estimate of drug-likeness (QED) is 0.373. The van der Waals surface area contributed by atoms with Crippen molar-refractivity contribution in [3.8, 4) is 0 Å². The van der Waals surface area contributed by atoms with E-state index in [0.29, 0.717) is 0 Å². The molecule has 1 atom stereocenters. The van der Waals surface area contributed by atoms with Crippen LogP contribution < -0.4 is 4.90 Å². The van der Waals surface area contributed by atoms with Crippen LogP contribution in [0.4, 0.5) is 10.1 Å². The number of ether oxygens (including phenoxy) is 1. The molecule has 2 heterocycles. The van der Waals surface area contributed by atoms with Crippen LogP contribution in [0.1, 0.15) is 22.5 Å². The molecule has 0 bridgehead atoms. The van der Waals surface area contributed by atoms with Gasteiger partial charge in [0, 0.05) is 0 Å². The fourth-order valence-electron chi connectivity index (χ4n) is 3.64. The molecule has 1 aromatic heterocycles. The molecule has 0 aliphatic carbocycles. The number of methoxy groups -OCH3 is 1. The second kappa shape index (κ2) is 9.20. The number of carbonyl (C=O) groups is 3. The number of rotatable bonds is 7. The molecular weight excluding hydrogens is 467 g/mol. The molecule has 1 fully saturated rings. The van der Waals surface area contributed by atoms with E-state index in [-0.39, 0.29) is 28.5 Å². The Morgan fingerprint density at radius 2 is 1.79 bits per heavy atom. The highest BCUT2D eigenvalue weighted by Crippen LogP contribution is 2.31. The molecule has 2 amide bonds. The van der Waals surface area contributed by atoms with Gasteiger partial charge in [0.05, 0.1) is 42.5 Å². The molecule has 0 radical (unpaired) electrons. The maximum atomic E-state index is 13.4. The maximum absolute atomic E-state index is 13.4. The molecule has 176 valence electrons. The predicted molar refractivity (Wildman–Crippen MR) is 117 cm³/mol. The number of hydrogen-bond donors (Lipinski definition) is 0. The summed E-state index contributed by atoms with van der Waals surface area (Å²) >= 11 is 0.